The number of carbonyl (C=O) groups excluding carboxylic acids is 2. The number of nitrogens with one attached hydrogen (secondary N) is 1. The summed E-state index contributed by atoms with van der Waals surface area (Å²) in [6.45, 7) is 5.04. The van der Waals surface area contributed by atoms with Crippen molar-refractivity contribution in [1.82, 2.24) is 4.90 Å². The molecule has 0 aromatic heterocycles. The average Bonchev–Trinajstić information content (AvgIpc) is 2.89. The maximum absolute atomic E-state index is 12.3. The fourth-order valence-electron chi connectivity index (χ4n) is 3.03. The standard InChI is InChI=1S/C21H24N4O2.HI/c1-14-9-10-16(13-15(14)2)24-21(22)23-11-5-6-12-25-19(26)17-7-3-4-8-18(17)20(25)27;/h3-4,7-10,13H,5-6,11-12H2,1-2H3,(H3,22,23,24);1H. The molecular formula is C21H25IN4O2. The molecule has 0 radical (unpaired) electrons. The third-order valence-corrected chi connectivity index (χ3v) is 4.73. The minimum absolute atomic E-state index is 0. The molecule has 6 nitrogen and oxygen atoms in total. The van der Waals surface area contributed by atoms with Gasteiger partial charge >= 0.3 is 0 Å². The molecule has 0 atom stereocenters. The van der Waals surface area contributed by atoms with Crippen LogP contribution in [0.3, 0.4) is 0 Å². The highest BCUT2D eigenvalue weighted by Gasteiger charge is 2.34. The molecule has 1 heterocycles. The van der Waals surface area contributed by atoms with Gasteiger partial charge in [0.05, 0.1) is 11.1 Å². The summed E-state index contributed by atoms with van der Waals surface area (Å²) >= 11 is 0. The smallest absolute Gasteiger partial charge is 0.261 e. The van der Waals surface area contributed by atoms with Gasteiger partial charge in [0.15, 0.2) is 5.96 Å². The van der Waals surface area contributed by atoms with Crippen LogP contribution in [0, 0.1) is 13.8 Å². The molecule has 0 saturated heterocycles. The predicted molar refractivity (Wildman–Crippen MR) is 122 cm³/mol. The molecule has 0 aliphatic carbocycles. The van der Waals surface area contributed by atoms with Gasteiger partial charge in [-0.15, -0.1) is 24.0 Å². The largest absolute Gasteiger partial charge is 0.370 e. The Kier molecular flexibility index (Phi) is 7.56. The third kappa shape index (κ3) is 4.89. The molecule has 2 aromatic carbocycles. The number of fused-ring (bicyclic) bond motifs is 1. The van der Waals surface area contributed by atoms with Gasteiger partial charge in [-0.1, -0.05) is 18.2 Å². The van der Waals surface area contributed by atoms with Crippen LogP contribution in [-0.4, -0.2) is 35.8 Å². The molecule has 1 aliphatic rings. The number of benzene rings is 2. The number of nitrogens with zero attached hydrogens (tertiary/aromatic N) is 2. The first kappa shape index (κ1) is 21.9. The van der Waals surface area contributed by atoms with Crippen molar-refractivity contribution >= 4 is 47.4 Å². The van der Waals surface area contributed by atoms with E-state index >= 15 is 0 Å². The Bertz CT molecular complexity index is 876. The van der Waals surface area contributed by atoms with Crippen LogP contribution in [0.1, 0.15) is 44.7 Å². The number of aryl methyl sites for hydroxylation is 2. The van der Waals surface area contributed by atoms with Crippen LogP contribution >= 0.6 is 24.0 Å². The Balaban J connectivity index is 0.00000280. The van der Waals surface area contributed by atoms with E-state index in [-0.39, 0.29) is 35.8 Å². The van der Waals surface area contributed by atoms with E-state index in [1.807, 2.05) is 25.1 Å². The second kappa shape index (κ2) is 9.68. The number of hydrogen-bond acceptors (Lipinski definition) is 3. The molecule has 0 unspecified atom stereocenters. The number of unbranched alkanes of at least 4 members (excludes halogenated alkanes) is 1. The monoisotopic (exact) mass is 492 g/mol. The highest BCUT2D eigenvalue weighted by atomic mass is 127. The van der Waals surface area contributed by atoms with E-state index in [2.05, 4.69) is 17.2 Å². The summed E-state index contributed by atoms with van der Waals surface area (Å²) in [6.07, 6.45) is 1.43. The number of imide groups is 1. The Morgan fingerprint density at radius 1 is 1.00 bits per heavy atom. The lowest BCUT2D eigenvalue weighted by molar-refractivity contribution is 0.0652. The van der Waals surface area contributed by atoms with Gasteiger partial charge in [0.1, 0.15) is 0 Å². The number of nitrogens with two attached hydrogens (primary N) is 1. The summed E-state index contributed by atoms with van der Waals surface area (Å²) in [5.74, 6) is -0.0657. The molecule has 148 valence electrons. The Morgan fingerprint density at radius 2 is 1.64 bits per heavy atom. The highest BCUT2D eigenvalue weighted by Crippen LogP contribution is 2.22. The molecule has 0 bridgehead atoms. The molecule has 0 spiro atoms. The maximum atomic E-state index is 12.3. The van der Waals surface area contributed by atoms with Crippen molar-refractivity contribution in [3.8, 4) is 0 Å². The van der Waals surface area contributed by atoms with Crippen molar-refractivity contribution in [2.45, 2.75) is 26.7 Å². The van der Waals surface area contributed by atoms with Gasteiger partial charge in [0, 0.05) is 18.8 Å². The highest BCUT2D eigenvalue weighted by molar-refractivity contribution is 14.0. The van der Waals surface area contributed by atoms with Gasteiger partial charge in [-0.3, -0.25) is 19.5 Å². The summed E-state index contributed by atoms with van der Waals surface area (Å²) < 4.78 is 0. The molecule has 0 fully saturated rings. The molecule has 0 saturated carbocycles. The van der Waals surface area contributed by atoms with Crippen molar-refractivity contribution in [3.05, 3.63) is 64.7 Å². The minimum atomic E-state index is -0.213. The lowest BCUT2D eigenvalue weighted by Gasteiger charge is -2.13. The van der Waals surface area contributed by atoms with Crippen molar-refractivity contribution in [3.63, 3.8) is 0 Å². The van der Waals surface area contributed by atoms with Crippen LogP contribution in [0.4, 0.5) is 5.69 Å². The van der Waals surface area contributed by atoms with E-state index in [1.54, 1.807) is 24.3 Å². The van der Waals surface area contributed by atoms with Crippen molar-refractivity contribution in [2.75, 3.05) is 18.4 Å². The zero-order valence-electron chi connectivity index (χ0n) is 16.1. The van der Waals surface area contributed by atoms with Gasteiger partial charge in [0.2, 0.25) is 0 Å². The van der Waals surface area contributed by atoms with Crippen molar-refractivity contribution in [1.29, 1.82) is 0 Å². The Morgan fingerprint density at radius 3 is 2.25 bits per heavy atom. The number of amides is 2. The van der Waals surface area contributed by atoms with E-state index < -0.39 is 0 Å². The van der Waals surface area contributed by atoms with Crippen LogP contribution in [0.5, 0.6) is 0 Å². The van der Waals surface area contributed by atoms with Crippen LogP contribution in [0.15, 0.2) is 47.5 Å². The number of halogens is 1. The molecular weight excluding hydrogens is 467 g/mol. The maximum Gasteiger partial charge on any atom is 0.261 e. The third-order valence-electron chi connectivity index (χ3n) is 4.73. The second-order valence-electron chi connectivity index (χ2n) is 6.71. The van der Waals surface area contributed by atoms with E-state index in [1.165, 1.54) is 16.0 Å². The van der Waals surface area contributed by atoms with E-state index in [0.717, 1.165) is 12.1 Å². The summed E-state index contributed by atoms with van der Waals surface area (Å²) in [4.78, 5) is 30.2. The summed E-state index contributed by atoms with van der Waals surface area (Å²) in [5, 5.41) is 3.08. The molecule has 1 aliphatic heterocycles. The van der Waals surface area contributed by atoms with E-state index in [0.29, 0.717) is 36.6 Å². The summed E-state index contributed by atoms with van der Waals surface area (Å²) in [5.41, 5.74) is 10.2. The van der Waals surface area contributed by atoms with Gasteiger partial charge in [0.25, 0.3) is 11.8 Å². The minimum Gasteiger partial charge on any atom is -0.370 e. The molecule has 3 rings (SSSR count). The average molecular weight is 492 g/mol. The van der Waals surface area contributed by atoms with Crippen LogP contribution in [0.25, 0.3) is 0 Å². The zero-order valence-corrected chi connectivity index (χ0v) is 18.4. The first-order valence-corrected chi connectivity index (χ1v) is 9.07. The van der Waals surface area contributed by atoms with Crippen LogP contribution in [-0.2, 0) is 0 Å². The summed E-state index contributed by atoms with van der Waals surface area (Å²) in [6, 6.07) is 13.0. The number of carbonyl (C=O) groups is 2. The zero-order chi connectivity index (χ0) is 19.4. The van der Waals surface area contributed by atoms with Crippen molar-refractivity contribution < 1.29 is 9.59 Å². The molecule has 3 N–H and O–H groups in total. The Hall–Kier alpha value is -2.42. The first-order chi connectivity index (χ1) is 13.0. The topological polar surface area (TPSA) is 87.8 Å². The quantitative estimate of drug-likeness (QED) is 0.212. The predicted octanol–water partition coefficient (Wildman–Crippen LogP) is 3.72. The Labute approximate surface area is 182 Å². The normalized spacial score (nSPS) is 13.4. The second-order valence-corrected chi connectivity index (χ2v) is 6.71. The number of rotatable bonds is 6. The van der Waals surface area contributed by atoms with Gasteiger partial charge in [-0.2, -0.15) is 0 Å². The molecule has 7 heteroatoms. The SMILES string of the molecule is Cc1ccc(NC(N)=NCCCCN2C(=O)c3ccccc3C2=O)cc1C.I. The number of hydrogen-bond donors (Lipinski definition) is 2. The number of anilines is 1. The van der Waals surface area contributed by atoms with E-state index in [9.17, 15) is 9.59 Å². The van der Waals surface area contributed by atoms with Gasteiger partial charge in [-0.05, 0) is 62.1 Å². The lowest BCUT2D eigenvalue weighted by atomic mass is 10.1. The first-order valence-electron chi connectivity index (χ1n) is 9.07. The fraction of sp³-hybridized carbons (Fsp3) is 0.286. The molecule has 2 aromatic rings. The van der Waals surface area contributed by atoms with Crippen molar-refractivity contribution in [2.24, 2.45) is 10.7 Å². The lowest BCUT2D eigenvalue weighted by Crippen LogP contribution is -2.30. The molecule has 28 heavy (non-hydrogen) atoms. The number of aliphatic imine (C=N–C) groups is 1. The fourth-order valence-corrected chi connectivity index (χ4v) is 3.03. The van der Waals surface area contributed by atoms with Crippen LogP contribution < -0.4 is 11.1 Å². The van der Waals surface area contributed by atoms with Crippen LogP contribution in [0.2, 0.25) is 0 Å². The van der Waals surface area contributed by atoms with Gasteiger partial charge in [-0.25, -0.2) is 0 Å². The van der Waals surface area contributed by atoms with E-state index in [4.69, 9.17) is 5.73 Å². The summed E-state index contributed by atoms with van der Waals surface area (Å²) in [7, 11) is 0. The number of guanidine groups is 1. The molecule has 2 amide bonds. The van der Waals surface area contributed by atoms with Gasteiger partial charge < -0.3 is 11.1 Å².